The Kier molecular flexibility index (Phi) is 6.22. The maximum atomic E-state index is 11.8. The van der Waals surface area contributed by atoms with Crippen LogP contribution < -0.4 is 10.6 Å². The Labute approximate surface area is 138 Å². The summed E-state index contributed by atoms with van der Waals surface area (Å²) in [6.07, 6.45) is 7.23. The molecule has 0 heterocycles. The Morgan fingerprint density at radius 1 is 1.35 bits per heavy atom. The van der Waals surface area contributed by atoms with Crippen molar-refractivity contribution in [1.29, 1.82) is 5.26 Å². The Bertz CT molecular complexity index is 628. The number of nitrogens with zero attached hydrogens (tertiary/aromatic N) is 1. The monoisotopic (exact) mass is 311 g/mol. The van der Waals surface area contributed by atoms with Gasteiger partial charge in [-0.25, -0.2) is 0 Å². The number of amides is 1. The molecule has 0 aliphatic heterocycles. The summed E-state index contributed by atoms with van der Waals surface area (Å²) < 4.78 is 0. The minimum absolute atomic E-state index is 0.0598. The van der Waals surface area contributed by atoms with Gasteiger partial charge in [-0.15, -0.1) is 0 Å². The van der Waals surface area contributed by atoms with E-state index in [0.29, 0.717) is 6.54 Å². The third-order valence-electron chi connectivity index (χ3n) is 4.25. The van der Waals surface area contributed by atoms with Crippen molar-refractivity contribution in [3.63, 3.8) is 0 Å². The third-order valence-corrected chi connectivity index (χ3v) is 4.25. The molecule has 0 aromatic heterocycles. The van der Waals surface area contributed by atoms with Crippen molar-refractivity contribution < 1.29 is 4.79 Å². The van der Waals surface area contributed by atoms with Crippen molar-refractivity contribution in [3.05, 3.63) is 46.7 Å². The molecule has 1 amide bonds. The lowest BCUT2D eigenvalue weighted by Gasteiger charge is -2.19. The molecular weight excluding hydrogens is 286 g/mol. The van der Waals surface area contributed by atoms with Crippen molar-refractivity contribution in [2.75, 3.05) is 6.54 Å². The van der Waals surface area contributed by atoms with Gasteiger partial charge in [-0.2, -0.15) is 5.26 Å². The Balaban J connectivity index is 2.03. The highest BCUT2D eigenvalue weighted by molar-refractivity contribution is 5.97. The predicted molar refractivity (Wildman–Crippen MR) is 91.6 cm³/mol. The van der Waals surface area contributed by atoms with Crippen LogP contribution in [0.3, 0.4) is 0 Å². The first-order valence-corrected chi connectivity index (χ1v) is 8.42. The number of aryl methyl sites for hydroxylation is 2. The van der Waals surface area contributed by atoms with Crippen LogP contribution in [0.15, 0.2) is 30.0 Å². The average molecular weight is 311 g/mol. The van der Waals surface area contributed by atoms with Gasteiger partial charge in [0, 0.05) is 18.8 Å². The summed E-state index contributed by atoms with van der Waals surface area (Å²) in [4.78, 5) is 11.8. The highest BCUT2D eigenvalue weighted by atomic mass is 16.1. The fourth-order valence-corrected chi connectivity index (χ4v) is 2.81. The summed E-state index contributed by atoms with van der Waals surface area (Å²) >= 11 is 0. The van der Waals surface area contributed by atoms with Gasteiger partial charge >= 0.3 is 0 Å². The highest BCUT2D eigenvalue weighted by Crippen LogP contribution is 2.24. The minimum atomic E-state index is -0.320. The van der Waals surface area contributed by atoms with E-state index in [-0.39, 0.29) is 17.5 Å². The second-order valence-corrected chi connectivity index (χ2v) is 6.05. The van der Waals surface area contributed by atoms with Gasteiger partial charge in [0.05, 0.1) is 0 Å². The maximum Gasteiger partial charge on any atom is 0.263 e. The molecule has 1 unspecified atom stereocenters. The van der Waals surface area contributed by atoms with E-state index in [4.69, 9.17) is 5.26 Å². The number of benzene rings is 1. The van der Waals surface area contributed by atoms with Gasteiger partial charge in [0.1, 0.15) is 11.6 Å². The zero-order valence-corrected chi connectivity index (χ0v) is 14.0. The van der Waals surface area contributed by atoms with Crippen LogP contribution in [0.2, 0.25) is 0 Å². The molecule has 1 aliphatic carbocycles. The lowest BCUT2D eigenvalue weighted by atomic mass is 9.89. The Hall–Kier alpha value is -2.28. The summed E-state index contributed by atoms with van der Waals surface area (Å²) in [5, 5.41) is 15.0. The average Bonchev–Trinajstić information content (AvgIpc) is 2.59. The van der Waals surface area contributed by atoms with Crippen molar-refractivity contribution in [3.8, 4) is 6.07 Å². The molecule has 2 rings (SSSR count). The third kappa shape index (κ3) is 4.59. The van der Waals surface area contributed by atoms with Crippen molar-refractivity contribution >= 4 is 5.91 Å². The van der Waals surface area contributed by atoms with E-state index in [1.807, 2.05) is 19.9 Å². The number of rotatable bonds is 6. The molecule has 0 fully saturated rings. The standard InChI is InChI=1S/C19H25N3O/c1-3-10-21-19(23)18(12-20)13-22-14(2)16-9-8-15-6-4-5-7-17(15)11-16/h8-9,11,13-14,22H,3-7,10H2,1-2H3,(H,21,23)/b18-13-. The molecule has 0 spiro atoms. The number of carbonyl (C=O) groups excluding carboxylic acids is 1. The number of nitriles is 1. The molecule has 1 atom stereocenters. The first-order chi connectivity index (χ1) is 11.2. The Morgan fingerprint density at radius 2 is 2.09 bits per heavy atom. The van der Waals surface area contributed by atoms with E-state index in [1.165, 1.54) is 42.2 Å². The summed E-state index contributed by atoms with van der Waals surface area (Å²) in [5.41, 5.74) is 4.20. The SMILES string of the molecule is CCCNC(=O)/C(C#N)=C\NC(C)c1ccc2c(c1)CCCC2. The van der Waals surface area contributed by atoms with Gasteiger partial charge in [0.2, 0.25) is 0 Å². The van der Waals surface area contributed by atoms with Gasteiger partial charge < -0.3 is 10.6 Å². The van der Waals surface area contributed by atoms with Crippen molar-refractivity contribution in [2.45, 2.75) is 52.0 Å². The molecule has 0 saturated carbocycles. The first-order valence-electron chi connectivity index (χ1n) is 8.42. The van der Waals surface area contributed by atoms with Crippen LogP contribution in [0.5, 0.6) is 0 Å². The van der Waals surface area contributed by atoms with Crippen LogP contribution >= 0.6 is 0 Å². The smallest absolute Gasteiger partial charge is 0.263 e. The second-order valence-electron chi connectivity index (χ2n) is 6.05. The molecule has 0 saturated heterocycles. The van der Waals surface area contributed by atoms with Crippen LogP contribution in [-0.4, -0.2) is 12.5 Å². The van der Waals surface area contributed by atoms with E-state index < -0.39 is 0 Å². The Morgan fingerprint density at radius 3 is 2.78 bits per heavy atom. The topological polar surface area (TPSA) is 64.9 Å². The highest BCUT2D eigenvalue weighted by Gasteiger charge is 2.13. The van der Waals surface area contributed by atoms with Crippen LogP contribution in [0.4, 0.5) is 0 Å². The summed E-state index contributed by atoms with van der Waals surface area (Å²) in [7, 11) is 0. The lowest BCUT2D eigenvalue weighted by Crippen LogP contribution is -2.26. The number of hydrogen-bond donors (Lipinski definition) is 2. The molecule has 4 heteroatoms. The van der Waals surface area contributed by atoms with E-state index >= 15 is 0 Å². The normalized spacial score (nSPS) is 15.3. The van der Waals surface area contributed by atoms with Gasteiger partial charge in [0.15, 0.2) is 0 Å². The quantitative estimate of drug-likeness (QED) is 0.626. The number of hydrogen-bond acceptors (Lipinski definition) is 3. The minimum Gasteiger partial charge on any atom is -0.383 e. The summed E-state index contributed by atoms with van der Waals surface area (Å²) in [5.74, 6) is -0.320. The second kappa shape index (κ2) is 8.38. The molecule has 1 aliphatic rings. The summed E-state index contributed by atoms with van der Waals surface area (Å²) in [6, 6.07) is 8.62. The van der Waals surface area contributed by atoms with Gasteiger partial charge in [-0.3, -0.25) is 4.79 Å². The largest absolute Gasteiger partial charge is 0.383 e. The molecule has 2 N–H and O–H groups in total. The van der Waals surface area contributed by atoms with Crippen molar-refractivity contribution in [1.82, 2.24) is 10.6 Å². The van der Waals surface area contributed by atoms with E-state index in [2.05, 4.69) is 28.8 Å². The number of carbonyl (C=O) groups is 1. The van der Waals surface area contributed by atoms with E-state index in [9.17, 15) is 4.79 Å². The molecule has 4 nitrogen and oxygen atoms in total. The molecule has 0 bridgehead atoms. The van der Waals surface area contributed by atoms with Crippen LogP contribution in [0.25, 0.3) is 0 Å². The molecule has 1 aromatic carbocycles. The predicted octanol–water partition coefficient (Wildman–Crippen LogP) is 3.15. The number of nitrogens with one attached hydrogen (secondary N) is 2. The molecule has 122 valence electrons. The van der Waals surface area contributed by atoms with E-state index in [0.717, 1.165) is 12.8 Å². The van der Waals surface area contributed by atoms with Crippen LogP contribution in [0.1, 0.15) is 55.8 Å². The lowest BCUT2D eigenvalue weighted by molar-refractivity contribution is -0.117. The zero-order valence-electron chi connectivity index (χ0n) is 14.0. The van der Waals surface area contributed by atoms with Gasteiger partial charge in [-0.05, 0) is 55.7 Å². The van der Waals surface area contributed by atoms with Crippen LogP contribution in [-0.2, 0) is 17.6 Å². The van der Waals surface area contributed by atoms with Gasteiger partial charge in [0.25, 0.3) is 5.91 Å². The summed E-state index contributed by atoms with van der Waals surface area (Å²) in [6.45, 7) is 4.60. The molecular formula is C19H25N3O. The first kappa shape index (κ1) is 17.1. The fraction of sp³-hybridized carbons (Fsp3) is 0.474. The molecule has 1 aromatic rings. The number of fused-ring (bicyclic) bond motifs is 1. The zero-order chi connectivity index (χ0) is 16.7. The van der Waals surface area contributed by atoms with E-state index in [1.54, 1.807) is 0 Å². The van der Waals surface area contributed by atoms with Crippen LogP contribution in [0, 0.1) is 11.3 Å². The molecule has 23 heavy (non-hydrogen) atoms. The van der Waals surface area contributed by atoms with Crippen molar-refractivity contribution in [2.24, 2.45) is 0 Å². The maximum absolute atomic E-state index is 11.8. The fourth-order valence-electron chi connectivity index (χ4n) is 2.81. The molecule has 0 radical (unpaired) electrons. The van der Waals surface area contributed by atoms with Gasteiger partial charge in [-0.1, -0.05) is 25.1 Å².